The van der Waals surface area contributed by atoms with E-state index in [4.69, 9.17) is 0 Å². The number of aryl methyl sites for hydroxylation is 1. The molecule has 0 heterocycles. The van der Waals surface area contributed by atoms with Gasteiger partial charge in [0.25, 0.3) is 0 Å². The maximum Gasteiger partial charge on any atom is 0.239 e. The average molecular weight is 290 g/mol. The van der Waals surface area contributed by atoms with Crippen LogP contribution in [0.2, 0.25) is 0 Å². The summed E-state index contributed by atoms with van der Waals surface area (Å²) in [5.74, 6) is -0.193. The standard InChI is InChI=1S/C17H26N2O2/c1-6-13-7-9-14(10-8-13)19-16(21)17(4,5)15(20)18-11-12(2)3/h7-10,12H,6,11H2,1-5H3,(H,18,20)(H,19,21). The van der Waals surface area contributed by atoms with Crippen molar-refractivity contribution in [2.24, 2.45) is 11.3 Å². The fourth-order valence-electron chi connectivity index (χ4n) is 1.73. The van der Waals surface area contributed by atoms with Crippen molar-refractivity contribution in [2.75, 3.05) is 11.9 Å². The van der Waals surface area contributed by atoms with Gasteiger partial charge in [0.05, 0.1) is 0 Å². The number of rotatable bonds is 6. The Hall–Kier alpha value is -1.84. The van der Waals surface area contributed by atoms with Gasteiger partial charge in [-0.25, -0.2) is 0 Å². The van der Waals surface area contributed by atoms with Crippen molar-refractivity contribution in [1.29, 1.82) is 0 Å². The van der Waals surface area contributed by atoms with Crippen LogP contribution in [0.1, 0.15) is 40.2 Å². The average Bonchev–Trinajstić information content (AvgIpc) is 2.45. The Morgan fingerprint density at radius 2 is 1.67 bits per heavy atom. The van der Waals surface area contributed by atoms with E-state index < -0.39 is 5.41 Å². The van der Waals surface area contributed by atoms with Crippen LogP contribution in [0.25, 0.3) is 0 Å². The van der Waals surface area contributed by atoms with E-state index in [0.29, 0.717) is 18.2 Å². The molecule has 0 atom stereocenters. The molecule has 0 saturated carbocycles. The first-order valence-electron chi connectivity index (χ1n) is 7.46. The molecule has 0 bridgehead atoms. The van der Waals surface area contributed by atoms with Gasteiger partial charge >= 0.3 is 0 Å². The van der Waals surface area contributed by atoms with E-state index in [0.717, 1.165) is 6.42 Å². The minimum atomic E-state index is -1.10. The van der Waals surface area contributed by atoms with Crippen LogP contribution in [0.3, 0.4) is 0 Å². The summed E-state index contributed by atoms with van der Waals surface area (Å²) in [7, 11) is 0. The number of carbonyl (C=O) groups is 2. The second-order valence-corrected chi connectivity index (χ2v) is 6.23. The molecule has 1 rings (SSSR count). The molecule has 2 N–H and O–H groups in total. The molecule has 0 aliphatic carbocycles. The zero-order valence-corrected chi connectivity index (χ0v) is 13.6. The lowest BCUT2D eigenvalue weighted by Gasteiger charge is -2.23. The zero-order chi connectivity index (χ0) is 16.0. The third-order valence-corrected chi connectivity index (χ3v) is 3.43. The maximum atomic E-state index is 12.3. The van der Waals surface area contributed by atoms with Gasteiger partial charge in [-0.05, 0) is 43.9 Å². The second-order valence-electron chi connectivity index (χ2n) is 6.23. The Bertz CT molecular complexity index is 490. The number of hydrogen-bond acceptors (Lipinski definition) is 2. The first-order valence-corrected chi connectivity index (χ1v) is 7.46. The predicted octanol–water partition coefficient (Wildman–Crippen LogP) is 2.99. The highest BCUT2D eigenvalue weighted by atomic mass is 16.2. The molecule has 0 aromatic heterocycles. The third kappa shape index (κ3) is 4.88. The Balaban J connectivity index is 2.69. The van der Waals surface area contributed by atoms with Crippen molar-refractivity contribution in [3.63, 3.8) is 0 Å². The molecular weight excluding hydrogens is 264 g/mol. The summed E-state index contributed by atoms with van der Waals surface area (Å²) < 4.78 is 0. The van der Waals surface area contributed by atoms with Crippen LogP contribution in [-0.4, -0.2) is 18.4 Å². The van der Waals surface area contributed by atoms with Gasteiger partial charge in [0.15, 0.2) is 0 Å². The van der Waals surface area contributed by atoms with Crippen LogP contribution in [0, 0.1) is 11.3 Å². The molecule has 0 aliphatic rings. The highest BCUT2D eigenvalue weighted by molar-refractivity contribution is 6.09. The number of carbonyl (C=O) groups excluding carboxylic acids is 2. The molecule has 2 amide bonds. The number of nitrogens with one attached hydrogen (secondary N) is 2. The van der Waals surface area contributed by atoms with E-state index in [1.54, 1.807) is 13.8 Å². The lowest BCUT2D eigenvalue weighted by atomic mass is 9.90. The zero-order valence-electron chi connectivity index (χ0n) is 13.6. The third-order valence-electron chi connectivity index (χ3n) is 3.43. The first-order chi connectivity index (χ1) is 9.77. The Morgan fingerprint density at radius 3 is 2.14 bits per heavy atom. The van der Waals surface area contributed by atoms with Gasteiger partial charge in [-0.3, -0.25) is 9.59 Å². The topological polar surface area (TPSA) is 58.2 Å². The summed E-state index contributed by atoms with van der Waals surface area (Å²) in [6.07, 6.45) is 0.956. The van der Waals surface area contributed by atoms with Gasteiger partial charge in [0.2, 0.25) is 11.8 Å². The molecule has 4 nitrogen and oxygen atoms in total. The molecule has 0 spiro atoms. The van der Waals surface area contributed by atoms with Crippen LogP contribution in [0.5, 0.6) is 0 Å². The minimum absolute atomic E-state index is 0.251. The van der Waals surface area contributed by atoms with E-state index >= 15 is 0 Å². The molecule has 1 aromatic carbocycles. The van der Waals surface area contributed by atoms with Crippen LogP contribution in [0.15, 0.2) is 24.3 Å². The molecule has 0 saturated heterocycles. The molecule has 0 fully saturated rings. The van der Waals surface area contributed by atoms with Crippen molar-refractivity contribution < 1.29 is 9.59 Å². The molecule has 0 radical (unpaired) electrons. The lowest BCUT2D eigenvalue weighted by molar-refractivity contribution is -0.138. The molecule has 116 valence electrons. The SMILES string of the molecule is CCc1ccc(NC(=O)C(C)(C)C(=O)NCC(C)C)cc1. The lowest BCUT2D eigenvalue weighted by Crippen LogP contribution is -2.46. The quantitative estimate of drug-likeness (QED) is 0.791. The monoisotopic (exact) mass is 290 g/mol. The highest BCUT2D eigenvalue weighted by Gasteiger charge is 2.35. The Kier molecular flexibility index (Phi) is 5.94. The number of anilines is 1. The van der Waals surface area contributed by atoms with Crippen molar-refractivity contribution in [1.82, 2.24) is 5.32 Å². The second kappa shape index (κ2) is 7.25. The normalized spacial score (nSPS) is 11.3. The molecular formula is C17H26N2O2. The number of hydrogen-bond donors (Lipinski definition) is 2. The van der Waals surface area contributed by atoms with Crippen molar-refractivity contribution in [3.05, 3.63) is 29.8 Å². The highest BCUT2D eigenvalue weighted by Crippen LogP contribution is 2.19. The smallest absolute Gasteiger partial charge is 0.239 e. The Morgan fingerprint density at radius 1 is 1.10 bits per heavy atom. The maximum absolute atomic E-state index is 12.3. The van der Waals surface area contributed by atoms with Gasteiger partial charge in [-0.1, -0.05) is 32.9 Å². The van der Waals surface area contributed by atoms with Gasteiger partial charge in [-0.2, -0.15) is 0 Å². The van der Waals surface area contributed by atoms with Gasteiger partial charge < -0.3 is 10.6 Å². The van der Waals surface area contributed by atoms with Crippen LogP contribution in [0.4, 0.5) is 5.69 Å². The number of amides is 2. The van der Waals surface area contributed by atoms with Crippen molar-refractivity contribution in [3.8, 4) is 0 Å². The van der Waals surface area contributed by atoms with Gasteiger partial charge in [0.1, 0.15) is 5.41 Å². The summed E-state index contributed by atoms with van der Waals surface area (Å²) in [6, 6.07) is 7.67. The van der Waals surface area contributed by atoms with Crippen molar-refractivity contribution >= 4 is 17.5 Å². The summed E-state index contributed by atoms with van der Waals surface area (Å²) >= 11 is 0. The fraction of sp³-hybridized carbons (Fsp3) is 0.529. The summed E-state index contributed by atoms with van der Waals surface area (Å²) in [4.78, 5) is 24.4. The van der Waals surface area contributed by atoms with E-state index in [2.05, 4.69) is 17.6 Å². The van der Waals surface area contributed by atoms with E-state index in [1.165, 1.54) is 5.56 Å². The first kappa shape index (κ1) is 17.2. The largest absolute Gasteiger partial charge is 0.355 e. The molecule has 0 aliphatic heterocycles. The molecule has 1 aromatic rings. The van der Waals surface area contributed by atoms with Crippen LogP contribution >= 0.6 is 0 Å². The summed E-state index contributed by atoms with van der Waals surface area (Å²) in [6.45, 7) is 9.96. The predicted molar refractivity (Wildman–Crippen MR) is 86.1 cm³/mol. The van der Waals surface area contributed by atoms with Gasteiger partial charge in [0, 0.05) is 12.2 Å². The van der Waals surface area contributed by atoms with E-state index in [-0.39, 0.29) is 11.8 Å². The van der Waals surface area contributed by atoms with Crippen LogP contribution < -0.4 is 10.6 Å². The van der Waals surface area contributed by atoms with Gasteiger partial charge in [-0.15, -0.1) is 0 Å². The Labute approximate surface area is 127 Å². The molecule has 0 unspecified atom stereocenters. The van der Waals surface area contributed by atoms with Crippen molar-refractivity contribution in [2.45, 2.75) is 41.0 Å². The summed E-state index contributed by atoms with van der Waals surface area (Å²) in [5, 5.41) is 5.61. The molecule has 21 heavy (non-hydrogen) atoms. The number of benzene rings is 1. The molecule has 4 heteroatoms. The van der Waals surface area contributed by atoms with Crippen LogP contribution in [-0.2, 0) is 16.0 Å². The fourth-order valence-corrected chi connectivity index (χ4v) is 1.73. The summed E-state index contributed by atoms with van der Waals surface area (Å²) in [5.41, 5.74) is 0.821. The minimum Gasteiger partial charge on any atom is -0.355 e. The van der Waals surface area contributed by atoms with E-state index in [9.17, 15) is 9.59 Å². The van der Waals surface area contributed by atoms with E-state index in [1.807, 2.05) is 38.1 Å².